The van der Waals surface area contributed by atoms with Crippen LogP contribution in [0.5, 0.6) is 5.75 Å². The van der Waals surface area contributed by atoms with Gasteiger partial charge < -0.3 is 15.2 Å². The average molecular weight is 687 g/mol. The Morgan fingerprint density at radius 1 is 1.13 bits per heavy atom. The predicted molar refractivity (Wildman–Crippen MR) is 179 cm³/mol. The Morgan fingerprint density at radius 3 is 2.40 bits per heavy atom. The second-order valence-corrected chi connectivity index (χ2v) is 14.4. The summed E-state index contributed by atoms with van der Waals surface area (Å²) in [6.45, 7) is 10.4. The van der Waals surface area contributed by atoms with Crippen LogP contribution < -0.4 is 10.1 Å². The fraction of sp³-hybridized carbons (Fsp3) is 0.417. The highest BCUT2D eigenvalue weighted by atomic mass is 35.5. The Balaban J connectivity index is 2.05. The molecule has 1 heterocycles. The van der Waals surface area contributed by atoms with Crippen molar-refractivity contribution in [2.24, 2.45) is 11.3 Å². The monoisotopic (exact) mass is 685 g/mol. The van der Waals surface area contributed by atoms with Gasteiger partial charge in [-0.2, -0.15) is 5.26 Å². The van der Waals surface area contributed by atoms with Crippen LogP contribution in [-0.2, 0) is 10.2 Å². The Kier molecular flexibility index (Phi) is 10.9. The second kappa shape index (κ2) is 14.2. The van der Waals surface area contributed by atoms with E-state index in [1.54, 1.807) is 6.07 Å². The van der Waals surface area contributed by atoms with Gasteiger partial charge in [-0.1, -0.05) is 76.0 Å². The van der Waals surface area contributed by atoms with Gasteiger partial charge in [-0.25, -0.2) is 13.6 Å². The minimum atomic E-state index is -1.78. The Labute approximate surface area is 284 Å². The van der Waals surface area contributed by atoms with Gasteiger partial charge in [0, 0.05) is 34.3 Å². The van der Waals surface area contributed by atoms with Crippen molar-refractivity contribution in [3.8, 4) is 11.8 Å². The fourth-order valence-corrected chi connectivity index (χ4v) is 7.02. The quantitative estimate of drug-likeness (QED) is 0.221. The third kappa shape index (κ3) is 7.25. The van der Waals surface area contributed by atoms with Crippen LogP contribution in [0.2, 0.25) is 10.0 Å². The van der Waals surface area contributed by atoms with E-state index in [9.17, 15) is 20.0 Å². The van der Waals surface area contributed by atoms with E-state index in [4.69, 9.17) is 27.9 Å². The number of ether oxygens (including phenoxy) is 1. The molecular weight excluding hydrogens is 647 g/mol. The molecule has 47 heavy (non-hydrogen) atoms. The summed E-state index contributed by atoms with van der Waals surface area (Å²) in [6, 6.07) is 13.1. The van der Waals surface area contributed by atoms with Gasteiger partial charge in [-0.3, -0.25) is 9.69 Å². The molecule has 4 rings (SSSR count). The maximum Gasteiger partial charge on any atom is 0.339 e. The van der Waals surface area contributed by atoms with Gasteiger partial charge in [-0.15, -0.1) is 0 Å². The van der Waals surface area contributed by atoms with Crippen molar-refractivity contribution < 1.29 is 28.2 Å². The molecule has 0 aromatic heterocycles. The number of carbonyl (C=O) groups excluding carboxylic acids is 1. The first-order valence-corrected chi connectivity index (χ1v) is 16.1. The summed E-state index contributed by atoms with van der Waals surface area (Å²) in [5.41, 5.74) is -2.06. The van der Waals surface area contributed by atoms with E-state index in [-0.39, 0.29) is 44.1 Å². The smallest absolute Gasteiger partial charge is 0.339 e. The lowest BCUT2D eigenvalue weighted by Gasteiger charge is -2.39. The molecule has 0 bridgehead atoms. The van der Waals surface area contributed by atoms with E-state index in [1.807, 2.05) is 39.5 Å². The highest BCUT2D eigenvalue weighted by Gasteiger charge is 2.64. The third-order valence-electron chi connectivity index (χ3n) is 8.71. The number of nitrogens with one attached hydrogen (secondary N) is 1. The van der Waals surface area contributed by atoms with Crippen LogP contribution in [0.15, 0.2) is 54.6 Å². The molecule has 0 spiro atoms. The van der Waals surface area contributed by atoms with E-state index in [2.05, 4.69) is 11.4 Å². The Bertz CT molecular complexity index is 1700. The van der Waals surface area contributed by atoms with Crippen molar-refractivity contribution in [3.05, 3.63) is 93.0 Å². The zero-order valence-corrected chi connectivity index (χ0v) is 28.7. The fourth-order valence-electron chi connectivity index (χ4n) is 6.68. The largest absolute Gasteiger partial charge is 0.496 e. The van der Waals surface area contributed by atoms with Gasteiger partial charge in [0.25, 0.3) is 0 Å². The van der Waals surface area contributed by atoms with Gasteiger partial charge in [-0.05, 0) is 66.6 Å². The van der Waals surface area contributed by atoms with Gasteiger partial charge in [0.2, 0.25) is 5.91 Å². The number of methoxy groups -OCH3 is 1. The maximum absolute atomic E-state index is 16.2. The zero-order valence-electron chi connectivity index (χ0n) is 27.2. The topological polar surface area (TPSA) is 103 Å². The van der Waals surface area contributed by atoms with Crippen molar-refractivity contribution in [3.63, 3.8) is 0 Å². The highest BCUT2D eigenvalue weighted by Crippen LogP contribution is 2.57. The summed E-state index contributed by atoms with van der Waals surface area (Å²) >= 11 is 12.5. The van der Waals surface area contributed by atoms with E-state index >= 15 is 8.78 Å². The van der Waals surface area contributed by atoms with Crippen LogP contribution >= 0.6 is 23.2 Å². The summed E-state index contributed by atoms with van der Waals surface area (Å²) in [5, 5.41) is 23.7. The first-order chi connectivity index (χ1) is 22.0. The number of hydrogen-bond donors (Lipinski definition) is 2. The molecule has 3 aromatic rings. The maximum atomic E-state index is 16.2. The van der Waals surface area contributed by atoms with Crippen LogP contribution in [-0.4, -0.2) is 47.6 Å². The van der Waals surface area contributed by atoms with Gasteiger partial charge in [0.05, 0.1) is 24.2 Å². The third-order valence-corrected chi connectivity index (χ3v) is 9.23. The number of hydrogen-bond acceptors (Lipinski definition) is 5. The SMILES string of the molecule is COc1cc(NC(=O)[C@H]2[C@H](c3cccc(Cl)c3F)[C@@](C#N)(c3ccc(Cl)cc3F)[C@H](CC(C)(C)C)N2CCC(C)C)ccc1C(=O)O. The standard InChI is InChI=1S/C36H39Cl2F2N3O4/c1-20(2)14-15-43-29(18-35(3,4)5)36(19-41,25-13-10-21(37)16-27(25)39)30(24-8-7-9-26(38)31(24)40)32(43)33(44)42-22-11-12-23(34(45)46)28(17-22)47-6/h7-13,16-17,20,29-30,32H,14-15,18H2,1-6H3,(H,42,44)(H,45,46)/t29-,30-,32+,36-/m0/s1. The second-order valence-electron chi connectivity index (χ2n) is 13.6. The normalized spacial score (nSPS) is 21.4. The lowest BCUT2D eigenvalue weighted by atomic mass is 9.62. The molecule has 3 aromatic carbocycles. The summed E-state index contributed by atoms with van der Waals surface area (Å²) in [5.74, 6) is -4.36. The molecule has 1 fully saturated rings. The van der Waals surface area contributed by atoms with Crippen molar-refractivity contribution in [1.82, 2.24) is 4.90 Å². The van der Waals surface area contributed by atoms with Gasteiger partial charge in [0.1, 0.15) is 28.4 Å². The molecule has 1 amide bonds. The van der Waals surface area contributed by atoms with Crippen molar-refractivity contribution in [2.75, 3.05) is 19.0 Å². The summed E-state index contributed by atoms with van der Waals surface area (Å²) in [6.07, 6.45) is 0.977. The van der Waals surface area contributed by atoms with Crippen molar-refractivity contribution in [1.29, 1.82) is 5.26 Å². The van der Waals surface area contributed by atoms with Crippen LogP contribution in [0.25, 0.3) is 0 Å². The van der Waals surface area contributed by atoms with Crippen molar-refractivity contribution >= 4 is 40.8 Å². The summed E-state index contributed by atoms with van der Waals surface area (Å²) in [7, 11) is 1.31. The van der Waals surface area contributed by atoms with E-state index in [0.717, 1.165) is 6.07 Å². The number of benzene rings is 3. The number of nitrogens with zero attached hydrogens (tertiary/aromatic N) is 2. The molecular formula is C36H39Cl2F2N3O4. The van der Waals surface area contributed by atoms with Crippen molar-refractivity contribution in [2.45, 2.75) is 70.9 Å². The number of carboxylic acids is 1. The number of likely N-dealkylation sites (tertiary alicyclic amines) is 1. The number of carbonyl (C=O) groups is 2. The number of halogens is 4. The number of amides is 1. The van der Waals surface area contributed by atoms with Crippen LogP contribution in [0.4, 0.5) is 14.5 Å². The molecule has 1 aliphatic heterocycles. The summed E-state index contributed by atoms with van der Waals surface area (Å²) in [4.78, 5) is 28.3. The molecule has 1 saturated heterocycles. The molecule has 0 unspecified atom stereocenters. The van der Waals surface area contributed by atoms with E-state index < -0.39 is 52.3 Å². The molecule has 1 aliphatic rings. The lowest BCUT2D eigenvalue weighted by molar-refractivity contribution is -0.121. The molecule has 11 heteroatoms. The number of aromatic carboxylic acids is 1. The zero-order chi connectivity index (χ0) is 34.8. The molecule has 250 valence electrons. The Hall–Kier alpha value is -3.71. The lowest BCUT2D eigenvalue weighted by Crippen LogP contribution is -2.48. The Morgan fingerprint density at radius 2 is 1.83 bits per heavy atom. The van der Waals surface area contributed by atoms with E-state index in [0.29, 0.717) is 19.4 Å². The molecule has 0 saturated carbocycles. The number of carboxylic acid groups (broad SMARTS) is 1. The molecule has 0 aliphatic carbocycles. The molecule has 7 nitrogen and oxygen atoms in total. The first kappa shape index (κ1) is 36.1. The van der Waals surface area contributed by atoms with Crippen LogP contribution in [0.3, 0.4) is 0 Å². The first-order valence-electron chi connectivity index (χ1n) is 15.3. The number of anilines is 1. The molecule has 2 N–H and O–H groups in total. The van der Waals surface area contributed by atoms with Crippen LogP contribution in [0, 0.1) is 34.3 Å². The van der Waals surface area contributed by atoms with Gasteiger partial charge in [0.15, 0.2) is 0 Å². The molecule has 0 radical (unpaired) electrons. The summed E-state index contributed by atoms with van der Waals surface area (Å²) < 4.78 is 37.7. The van der Waals surface area contributed by atoms with E-state index in [1.165, 1.54) is 49.6 Å². The number of nitriles is 1. The molecule has 4 atom stereocenters. The minimum Gasteiger partial charge on any atom is -0.496 e. The van der Waals surface area contributed by atoms with Gasteiger partial charge >= 0.3 is 5.97 Å². The number of rotatable bonds is 10. The van der Waals surface area contributed by atoms with Crippen LogP contribution in [0.1, 0.15) is 74.9 Å². The average Bonchev–Trinajstić information content (AvgIpc) is 3.25. The predicted octanol–water partition coefficient (Wildman–Crippen LogP) is 8.70. The highest BCUT2D eigenvalue weighted by molar-refractivity contribution is 6.31. The minimum absolute atomic E-state index is 0.000327.